The molecule has 0 saturated carbocycles. The molecule has 2 atom stereocenters. The van der Waals surface area contributed by atoms with Crippen LogP contribution in [-0.4, -0.2) is 30.4 Å². The van der Waals surface area contributed by atoms with E-state index in [1.807, 2.05) is 26.8 Å². The van der Waals surface area contributed by atoms with Crippen molar-refractivity contribution in [3.63, 3.8) is 0 Å². The van der Waals surface area contributed by atoms with Crippen LogP contribution in [-0.2, 0) is 16.6 Å². The van der Waals surface area contributed by atoms with Gasteiger partial charge < -0.3 is 5.11 Å². The molecule has 1 aromatic rings. The molecule has 0 radical (unpaired) electrons. The van der Waals surface area contributed by atoms with Crippen LogP contribution in [0.25, 0.3) is 0 Å². The maximum atomic E-state index is 12.9. The van der Waals surface area contributed by atoms with Crippen LogP contribution in [0.5, 0.6) is 0 Å². The molecular weight excluding hydrogens is 274 g/mol. The first kappa shape index (κ1) is 15.5. The molecule has 4 nitrogen and oxygen atoms in total. The highest BCUT2D eigenvalue weighted by Gasteiger charge is 2.37. The molecule has 1 aliphatic heterocycles. The monoisotopic (exact) mass is 297 g/mol. The normalized spacial score (nSPS) is 24.2. The third kappa shape index (κ3) is 2.62. The zero-order valence-electron chi connectivity index (χ0n) is 12.5. The number of aryl methyl sites for hydroxylation is 1. The van der Waals surface area contributed by atoms with Crippen molar-refractivity contribution in [1.29, 1.82) is 0 Å². The van der Waals surface area contributed by atoms with E-state index >= 15 is 0 Å². The molecular formula is C15H23NO3S. The highest BCUT2D eigenvalue weighted by atomic mass is 32.2. The van der Waals surface area contributed by atoms with Crippen LogP contribution in [0.1, 0.15) is 37.0 Å². The molecule has 0 bridgehead atoms. The number of hydrogen-bond donors (Lipinski definition) is 1. The highest BCUT2D eigenvalue weighted by Crippen LogP contribution is 2.31. The van der Waals surface area contributed by atoms with Gasteiger partial charge in [-0.15, -0.1) is 0 Å². The summed E-state index contributed by atoms with van der Waals surface area (Å²) in [6.07, 6.45) is 0.900. The first-order chi connectivity index (χ1) is 9.27. The average molecular weight is 297 g/mol. The SMILES string of the molecule is Cc1cc(CO)cc(S(=O)(=O)N2CC(C)CC2C)c1C. The minimum Gasteiger partial charge on any atom is -0.392 e. The van der Waals surface area contributed by atoms with Gasteiger partial charge >= 0.3 is 0 Å². The lowest BCUT2D eigenvalue weighted by Gasteiger charge is -2.23. The van der Waals surface area contributed by atoms with E-state index in [2.05, 4.69) is 6.92 Å². The van der Waals surface area contributed by atoms with E-state index < -0.39 is 10.0 Å². The summed E-state index contributed by atoms with van der Waals surface area (Å²) in [5, 5.41) is 9.29. The van der Waals surface area contributed by atoms with E-state index in [-0.39, 0.29) is 12.6 Å². The Balaban J connectivity index is 2.52. The summed E-state index contributed by atoms with van der Waals surface area (Å²) in [5.41, 5.74) is 2.32. The van der Waals surface area contributed by atoms with Gasteiger partial charge in [-0.3, -0.25) is 0 Å². The molecule has 1 saturated heterocycles. The fourth-order valence-electron chi connectivity index (χ4n) is 2.98. The van der Waals surface area contributed by atoms with Crippen molar-refractivity contribution in [1.82, 2.24) is 4.31 Å². The lowest BCUT2D eigenvalue weighted by atomic mass is 10.1. The minimum atomic E-state index is -3.48. The smallest absolute Gasteiger partial charge is 0.243 e. The van der Waals surface area contributed by atoms with Crippen molar-refractivity contribution in [2.24, 2.45) is 5.92 Å². The standard InChI is InChI=1S/C15H23NO3S/c1-10-5-12(3)16(8-10)20(18,19)15-7-14(9-17)6-11(2)13(15)4/h6-7,10,12,17H,5,8-9H2,1-4H3. The van der Waals surface area contributed by atoms with Crippen molar-refractivity contribution in [3.05, 3.63) is 28.8 Å². The van der Waals surface area contributed by atoms with Crippen LogP contribution in [0.15, 0.2) is 17.0 Å². The van der Waals surface area contributed by atoms with Crippen LogP contribution in [0.2, 0.25) is 0 Å². The predicted molar refractivity (Wildman–Crippen MR) is 79.0 cm³/mol. The molecule has 20 heavy (non-hydrogen) atoms. The van der Waals surface area contributed by atoms with Gasteiger partial charge in [0.15, 0.2) is 0 Å². The summed E-state index contributed by atoms with van der Waals surface area (Å²) in [7, 11) is -3.48. The van der Waals surface area contributed by atoms with Crippen LogP contribution in [0.3, 0.4) is 0 Å². The summed E-state index contributed by atoms with van der Waals surface area (Å²) >= 11 is 0. The number of sulfonamides is 1. The number of benzene rings is 1. The Hall–Kier alpha value is -0.910. The van der Waals surface area contributed by atoms with E-state index in [1.54, 1.807) is 10.4 Å². The molecule has 0 aliphatic carbocycles. The molecule has 1 aromatic carbocycles. The topological polar surface area (TPSA) is 57.6 Å². The van der Waals surface area contributed by atoms with Gasteiger partial charge in [-0.2, -0.15) is 4.31 Å². The Morgan fingerprint density at radius 1 is 1.30 bits per heavy atom. The molecule has 1 N–H and O–H groups in total. The summed E-state index contributed by atoms with van der Waals surface area (Å²) in [6, 6.07) is 3.48. The van der Waals surface area contributed by atoms with Crippen molar-refractivity contribution < 1.29 is 13.5 Å². The Morgan fingerprint density at radius 2 is 1.95 bits per heavy atom. The molecule has 0 spiro atoms. The molecule has 2 rings (SSSR count). The molecule has 2 unspecified atom stereocenters. The van der Waals surface area contributed by atoms with E-state index in [1.165, 1.54) is 0 Å². The van der Waals surface area contributed by atoms with Crippen LogP contribution in [0, 0.1) is 19.8 Å². The van der Waals surface area contributed by atoms with Crippen molar-refractivity contribution >= 4 is 10.0 Å². The Labute approximate surface area is 121 Å². The quantitative estimate of drug-likeness (QED) is 0.930. The van der Waals surface area contributed by atoms with Gasteiger partial charge in [0.1, 0.15) is 0 Å². The summed E-state index contributed by atoms with van der Waals surface area (Å²) in [5.74, 6) is 0.391. The van der Waals surface area contributed by atoms with Gasteiger partial charge in [0.05, 0.1) is 11.5 Å². The van der Waals surface area contributed by atoms with Gasteiger partial charge in [-0.1, -0.05) is 13.0 Å². The third-order valence-corrected chi connectivity index (χ3v) is 6.28. The average Bonchev–Trinajstić information content (AvgIpc) is 2.72. The van der Waals surface area contributed by atoms with Gasteiger partial charge in [-0.05, 0) is 55.9 Å². The fourth-order valence-corrected chi connectivity index (χ4v) is 5.09. The summed E-state index contributed by atoms with van der Waals surface area (Å²) in [6.45, 7) is 8.17. The fraction of sp³-hybridized carbons (Fsp3) is 0.600. The Bertz CT molecular complexity index is 610. The number of aliphatic hydroxyl groups excluding tert-OH is 1. The highest BCUT2D eigenvalue weighted by molar-refractivity contribution is 7.89. The molecule has 112 valence electrons. The lowest BCUT2D eigenvalue weighted by molar-refractivity contribution is 0.281. The van der Waals surface area contributed by atoms with Crippen LogP contribution >= 0.6 is 0 Å². The molecule has 0 aromatic heterocycles. The molecule has 1 heterocycles. The predicted octanol–water partition coefficient (Wildman–Crippen LogP) is 2.21. The molecule has 1 aliphatic rings. The molecule has 5 heteroatoms. The lowest BCUT2D eigenvalue weighted by Crippen LogP contribution is -2.34. The zero-order valence-corrected chi connectivity index (χ0v) is 13.4. The van der Waals surface area contributed by atoms with E-state index in [4.69, 9.17) is 0 Å². The number of rotatable bonds is 3. The van der Waals surface area contributed by atoms with Crippen molar-refractivity contribution in [2.45, 2.75) is 51.7 Å². The summed E-state index contributed by atoms with van der Waals surface area (Å²) < 4.78 is 27.3. The second-order valence-electron chi connectivity index (χ2n) is 5.96. The maximum Gasteiger partial charge on any atom is 0.243 e. The molecule has 1 fully saturated rings. The van der Waals surface area contributed by atoms with Crippen molar-refractivity contribution in [2.75, 3.05) is 6.54 Å². The van der Waals surface area contributed by atoms with Crippen molar-refractivity contribution in [3.8, 4) is 0 Å². The second-order valence-corrected chi connectivity index (χ2v) is 7.82. The van der Waals surface area contributed by atoms with Gasteiger partial charge in [0.25, 0.3) is 0 Å². The third-order valence-electron chi connectivity index (χ3n) is 4.18. The molecule has 0 amide bonds. The number of aliphatic hydroxyl groups is 1. The maximum absolute atomic E-state index is 12.9. The number of nitrogens with zero attached hydrogens (tertiary/aromatic N) is 1. The van der Waals surface area contributed by atoms with Gasteiger partial charge in [-0.25, -0.2) is 8.42 Å². The van der Waals surface area contributed by atoms with E-state index in [0.717, 1.165) is 17.5 Å². The van der Waals surface area contributed by atoms with Crippen LogP contribution in [0.4, 0.5) is 0 Å². The van der Waals surface area contributed by atoms with Gasteiger partial charge in [0, 0.05) is 12.6 Å². The largest absolute Gasteiger partial charge is 0.392 e. The Kier molecular flexibility index (Phi) is 4.23. The first-order valence-corrected chi connectivity index (χ1v) is 8.44. The number of hydrogen-bond acceptors (Lipinski definition) is 3. The van der Waals surface area contributed by atoms with Gasteiger partial charge in [0.2, 0.25) is 10.0 Å². The van der Waals surface area contributed by atoms with Crippen LogP contribution < -0.4 is 0 Å². The van der Waals surface area contributed by atoms with E-state index in [9.17, 15) is 13.5 Å². The second kappa shape index (κ2) is 5.47. The Morgan fingerprint density at radius 3 is 2.45 bits per heavy atom. The minimum absolute atomic E-state index is 0.0347. The van der Waals surface area contributed by atoms with E-state index in [0.29, 0.717) is 22.9 Å². The first-order valence-electron chi connectivity index (χ1n) is 7.00. The summed E-state index contributed by atoms with van der Waals surface area (Å²) in [4.78, 5) is 0.336. The zero-order chi connectivity index (χ0) is 15.1.